The Bertz CT molecular complexity index is 900. The van der Waals surface area contributed by atoms with E-state index in [1.807, 2.05) is 0 Å². The minimum absolute atomic E-state index is 0.225. The molecule has 0 heterocycles. The second kappa shape index (κ2) is 7.34. The maximum atomic E-state index is 12.9. The van der Waals surface area contributed by atoms with Crippen molar-refractivity contribution < 1.29 is 39.6 Å². The Morgan fingerprint density at radius 2 is 0.929 bits per heavy atom. The molecule has 0 amide bonds. The van der Waals surface area contributed by atoms with Crippen LogP contribution in [0.3, 0.4) is 0 Å². The second-order valence-corrected chi connectivity index (χ2v) is 6.32. The number of aryl methyl sites for hydroxylation is 2. The van der Waals surface area contributed by atoms with E-state index in [1.165, 1.54) is 50.2 Å². The third-order valence-corrected chi connectivity index (χ3v) is 4.58. The van der Waals surface area contributed by atoms with Gasteiger partial charge in [-0.15, -0.1) is 0 Å². The van der Waals surface area contributed by atoms with Crippen LogP contribution in [-0.2, 0) is 9.59 Å². The standard InChI is InChI=1S/C20H18O8/c1-11-7-3-5-9-13(11)15(21)19(27,17(23)24)20(28,18(25)26)16(22)14-10-6-4-8-12(14)2/h3-10,27-28H,1-2H3,(H,23,24)(H,25,26)/t19-,20-/m1/s1. The van der Waals surface area contributed by atoms with E-state index in [4.69, 9.17) is 0 Å². The SMILES string of the molecule is Cc1ccccc1C(=O)[C@@](O)(C(=O)O)[C@](O)(C(=O)O)C(=O)c1ccccc1C. The molecule has 28 heavy (non-hydrogen) atoms. The number of hydrogen-bond acceptors (Lipinski definition) is 6. The topological polar surface area (TPSA) is 149 Å². The molecule has 0 aliphatic heterocycles. The molecule has 146 valence electrons. The number of rotatable bonds is 7. The fourth-order valence-corrected chi connectivity index (χ4v) is 2.88. The summed E-state index contributed by atoms with van der Waals surface area (Å²) < 4.78 is 0. The fourth-order valence-electron chi connectivity index (χ4n) is 2.88. The summed E-state index contributed by atoms with van der Waals surface area (Å²) in [7, 11) is 0. The van der Waals surface area contributed by atoms with E-state index < -0.39 is 34.7 Å². The smallest absolute Gasteiger partial charge is 0.348 e. The number of Topliss-reactive ketones (excluding diaryl/α,β-unsaturated/α-hetero) is 2. The van der Waals surface area contributed by atoms with Crippen molar-refractivity contribution in [3.05, 3.63) is 70.8 Å². The summed E-state index contributed by atoms with van der Waals surface area (Å²) in [5.74, 6) is -7.98. The first kappa shape index (κ1) is 20.9. The highest BCUT2D eigenvalue weighted by Crippen LogP contribution is 2.33. The molecule has 8 heteroatoms. The van der Waals surface area contributed by atoms with Crippen LogP contribution in [0.4, 0.5) is 0 Å². The molecule has 0 aromatic heterocycles. The number of carboxylic acids is 2. The summed E-state index contributed by atoms with van der Waals surface area (Å²) in [5, 5.41) is 40.6. The van der Waals surface area contributed by atoms with E-state index >= 15 is 0 Å². The molecule has 0 fully saturated rings. The van der Waals surface area contributed by atoms with Crippen molar-refractivity contribution >= 4 is 23.5 Å². The second-order valence-electron chi connectivity index (χ2n) is 6.32. The Balaban J connectivity index is 2.78. The van der Waals surface area contributed by atoms with Crippen molar-refractivity contribution in [2.24, 2.45) is 0 Å². The van der Waals surface area contributed by atoms with Crippen LogP contribution in [0.15, 0.2) is 48.5 Å². The molecule has 0 aliphatic carbocycles. The Morgan fingerprint density at radius 1 is 0.643 bits per heavy atom. The van der Waals surface area contributed by atoms with Crippen LogP contribution in [0, 0.1) is 13.8 Å². The first-order valence-electron chi connectivity index (χ1n) is 8.12. The minimum atomic E-state index is -3.97. The van der Waals surface area contributed by atoms with Crippen LogP contribution in [0.25, 0.3) is 0 Å². The van der Waals surface area contributed by atoms with E-state index in [0.717, 1.165) is 12.1 Å². The summed E-state index contributed by atoms with van der Waals surface area (Å²) in [6, 6.07) is 11.0. The van der Waals surface area contributed by atoms with Gasteiger partial charge in [0.15, 0.2) is 0 Å². The van der Waals surface area contributed by atoms with E-state index in [1.54, 1.807) is 0 Å². The van der Waals surface area contributed by atoms with Gasteiger partial charge >= 0.3 is 11.9 Å². The Kier molecular flexibility index (Phi) is 5.49. The van der Waals surface area contributed by atoms with Gasteiger partial charge in [-0.25, -0.2) is 9.59 Å². The van der Waals surface area contributed by atoms with E-state index in [0.29, 0.717) is 0 Å². The number of carboxylic acid groups (broad SMARTS) is 2. The summed E-state index contributed by atoms with van der Waals surface area (Å²) in [6.07, 6.45) is 0. The van der Waals surface area contributed by atoms with Gasteiger partial charge in [-0.2, -0.15) is 0 Å². The van der Waals surface area contributed by atoms with Crippen molar-refractivity contribution in [1.29, 1.82) is 0 Å². The molecule has 2 rings (SSSR count). The quantitative estimate of drug-likeness (QED) is 0.407. The highest BCUT2D eigenvalue weighted by molar-refractivity contribution is 6.28. The largest absolute Gasteiger partial charge is 0.479 e. The van der Waals surface area contributed by atoms with Gasteiger partial charge < -0.3 is 20.4 Å². The lowest BCUT2D eigenvalue weighted by molar-refractivity contribution is -0.187. The molecule has 2 aromatic rings. The minimum Gasteiger partial charge on any atom is -0.479 e. The molecule has 2 atom stereocenters. The first-order chi connectivity index (χ1) is 13.0. The maximum Gasteiger partial charge on any atom is 0.348 e. The number of benzene rings is 2. The van der Waals surface area contributed by atoms with Crippen LogP contribution in [-0.4, -0.2) is 55.1 Å². The first-order valence-corrected chi connectivity index (χ1v) is 8.12. The predicted octanol–water partition coefficient (Wildman–Crippen LogP) is 1.00. The van der Waals surface area contributed by atoms with Gasteiger partial charge in [-0.1, -0.05) is 48.5 Å². The third-order valence-electron chi connectivity index (χ3n) is 4.58. The highest BCUT2D eigenvalue weighted by atomic mass is 16.5. The highest BCUT2D eigenvalue weighted by Gasteiger charge is 2.70. The van der Waals surface area contributed by atoms with E-state index in [-0.39, 0.29) is 22.3 Å². The molecule has 0 spiro atoms. The van der Waals surface area contributed by atoms with Crippen LogP contribution in [0.5, 0.6) is 0 Å². The number of aliphatic hydroxyl groups is 2. The summed E-state index contributed by atoms with van der Waals surface area (Å²) >= 11 is 0. The van der Waals surface area contributed by atoms with Crippen LogP contribution in [0.2, 0.25) is 0 Å². The fraction of sp³-hybridized carbons (Fsp3) is 0.200. The monoisotopic (exact) mass is 386 g/mol. The zero-order valence-corrected chi connectivity index (χ0v) is 15.0. The van der Waals surface area contributed by atoms with Gasteiger partial charge in [0.1, 0.15) is 0 Å². The van der Waals surface area contributed by atoms with Crippen molar-refractivity contribution in [2.45, 2.75) is 25.0 Å². The van der Waals surface area contributed by atoms with Gasteiger partial charge in [0, 0.05) is 11.1 Å². The number of hydrogen-bond donors (Lipinski definition) is 4. The lowest BCUT2D eigenvalue weighted by atomic mass is 9.72. The molecule has 4 N–H and O–H groups in total. The zero-order chi connectivity index (χ0) is 21.3. The molecule has 0 radical (unpaired) electrons. The average molecular weight is 386 g/mol. The van der Waals surface area contributed by atoms with E-state index in [9.17, 15) is 39.6 Å². The Labute approximate surface area is 159 Å². The van der Waals surface area contributed by atoms with Crippen molar-refractivity contribution in [3.63, 3.8) is 0 Å². The molecule has 8 nitrogen and oxygen atoms in total. The van der Waals surface area contributed by atoms with E-state index in [2.05, 4.69) is 0 Å². The third kappa shape index (κ3) is 2.98. The molecule has 0 saturated heterocycles. The zero-order valence-electron chi connectivity index (χ0n) is 15.0. The normalized spacial score (nSPS) is 15.1. The van der Waals surface area contributed by atoms with Crippen LogP contribution in [0.1, 0.15) is 31.8 Å². The van der Waals surface area contributed by atoms with Gasteiger partial charge in [0.2, 0.25) is 11.6 Å². The number of aliphatic carboxylic acids is 2. The van der Waals surface area contributed by atoms with Gasteiger partial charge in [-0.05, 0) is 25.0 Å². The van der Waals surface area contributed by atoms with Gasteiger partial charge in [-0.3, -0.25) is 9.59 Å². The molecule has 0 unspecified atom stereocenters. The predicted molar refractivity (Wildman–Crippen MR) is 96.2 cm³/mol. The number of carbonyl (C=O) groups is 4. The van der Waals surface area contributed by atoms with Crippen molar-refractivity contribution in [3.8, 4) is 0 Å². The molecular formula is C20H18O8. The number of ketones is 2. The lowest BCUT2D eigenvalue weighted by Crippen LogP contribution is -2.71. The van der Waals surface area contributed by atoms with Crippen molar-refractivity contribution in [2.75, 3.05) is 0 Å². The number of carbonyl (C=O) groups excluding carboxylic acids is 2. The van der Waals surface area contributed by atoms with Gasteiger partial charge in [0.05, 0.1) is 0 Å². The molecule has 0 bridgehead atoms. The molecule has 0 aliphatic rings. The summed E-state index contributed by atoms with van der Waals surface area (Å²) in [4.78, 5) is 49.5. The van der Waals surface area contributed by atoms with Crippen LogP contribution < -0.4 is 0 Å². The summed E-state index contributed by atoms with van der Waals surface area (Å²) in [6.45, 7) is 2.86. The van der Waals surface area contributed by atoms with Gasteiger partial charge in [0.25, 0.3) is 11.2 Å². The average Bonchev–Trinajstić information content (AvgIpc) is 2.65. The van der Waals surface area contributed by atoms with Crippen LogP contribution >= 0.6 is 0 Å². The molecule has 2 aromatic carbocycles. The Hall–Kier alpha value is -3.36. The summed E-state index contributed by atoms with van der Waals surface area (Å²) in [5.41, 5.74) is -8.17. The lowest BCUT2D eigenvalue weighted by Gasteiger charge is -2.35. The van der Waals surface area contributed by atoms with Crippen molar-refractivity contribution in [1.82, 2.24) is 0 Å². The molecule has 0 saturated carbocycles. The Morgan fingerprint density at radius 3 is 1.18 bits per heavy atom. The molecular weight excluding hydrogens is 368 g/mol. The maximum absolute atomic E-state index is 12.9.